The van der Waals surface area contributed by atoms with Gasteiger partial charge in [0, 0.05) is 12.3 Å². The Morgan fingerprint density at radius 2 is 1.85 bits per heavy atom. The lowest BCUT2D eigenvalue weighted by Crippen LogP contribution is -2.31. The lowest BCUT2D eigenvalue weighted by atomic mass is 10.1. The third-order valence-electron chi connectivity index (χ3n) is 2.91. The zero-order valence-corrected chi connectivity index (χ0v) is 11.7. The predicted octanol–water partition coefficient (Wildman–Crippen LogP) is 1.65. The topological polar surface area (TPSA) is 57.6 Å². The lowest BCUT2D eigenvalue weighted by Gasteiger charge is -2.11. The Balaban J connectivity index is 2.46. The van der Waals surface area contributed by atoms with Crippen LogP contribution >= 0.6 is 11.8 Å². The van der Waals surface area contributed by atoms with Crippen LogP contribution in [0.4, 0.5) is 4.39 Å². The maximum Gasteiger partial charge on any atom is 0.267 e. The van der Waals surface area contributed by atoms with Crippen molar-refractivity contribution in [2.24, 2.45) is 0 Å². The van der Waals surface area contributed by atoms with Crippen molar-refractivity contribution >= 4 is 29.1 Å². The highest BCUT2D eigenvalue weighted by molar-refractivity contribution is 8.04. The second kappa shape index (κ2) is 6.19. The van der Waals surface area contributed by atoms with Gasteiger partial charge >= 0.3 is 0 Å². The number of thioether (sulfide) groups is 1. The summed E-state index contributed by atoms with van der Waals surface area (Å²) < 4.78 is 13.0. The number of rotatable bonds is 5. The molecule has 0 atom stereocenters. The van der Waals surface area contributed by atoms with Crippen LogP contribution in [0.3, 0.4) is 0 Å². The SMILES string of the molecule is CCN1C(=O)C(SCCO)=C(c2ccc(F)cc2)C1=O. The van der Waals surface area contributed by atoms with Crippen molar-refractivity contribution < 1.29 is 19.1 Å². The summed E-state index contributed by atoms with van der Waals surface area (Å²) in [5.74, 6) is -0.792. The molecule has 0 radical (unpaired) electrons. The van der Waals surface area contributed by atoms with Gasteiger partial charge in [0.15, 0.2) is 0 Å². The second-order valence-electron chi connectivity index (χ2n) is 4.14. The van der Waals surface area contributed by atoms with E-state index in [1.807, 2.05) is 0 Å². The van der Waals surface area contributed by atoms with Crippen molar-refractivity contribution in [2.75, 3.05) is 18.9 Å². The highest BCUT2D eigenvalue weighted by Gasteiger charge is 2.37. The van der Waals surface area contributed by atoms with E-state index in [9.17, 15) is 14.0 Å². The maximum absolute atomic E-state index is 13.0. The van der Waals surface area contributed by atoms with Crippen LogP contribution in [0.2, 0.25) is 0 Å². The fourth-order valence-corrected chi connectivity index (χ4v) is 2.87. The first kappa shape index (κ1) is 14.7. The van der Waals surface area contributed by atoms with Gasteiger partial charge in [-0.2, -0.15) is 0 Å². The molecule has 0 fully saturated rings. The molecule has 0 saturated carbocycles. The van der Waals surface area contributed by atoms with E-state index in [-0.39, 0.29) is 30.5 Å². The number of hydrogen-bond acceptors (Lipinski definition) is 4. The first-order valence-electron chi connectivity index (χ1n) is 6.20. The fraction of sp³-hybridized carbons (Fsp3) is 0.286. The molecule has 2 amide bonds. The summed E-state index contributed by atoms with van der Waals surface area (Å²) in [4.78, 5) is 25.9. The molecule has 1 aliphatic rings. The molecule has 2 rings (SSSR count). The molecule has 1 N–H and O–H groups in total. The molecule has 20 heavy (non-hydrogen) atoms. The van der Waals surface area contributed by atoms with Gasteiger partial charge in [-0.05, 0) is 24.6 Å². The number of carbonyl (C=O) groups is 2. The van der Waals surface area contributed by atoms with Crippen molar-refractivity contribution in [1.29, 1.82) is 0 Å². The Hall–Kier alpha value is -1.66. The number of aliphatic hydroxyl groups is 1. The second-order valence-corrected chi connectivity index (χ2v) is 5.24. The first-order chi connectivity index (χ1) is 9.60. The molecule has 1 aromatic rings. The van der Waals surface area contributed by atoms with Gasteiger partial charge in [-0.3, -0.25) is 14.5 Å². The van der Waals surface area contributed by atoms with Gasteiger partial charge in [-0.15, -0.1) is 11.8 Å². The van der Waals surface area contributed by atoms with Crippen molar-refractivity contribution in [3.05, 3.63) is 40.6 Å². The summed E-state index contributed by atoms with van der Waals surface area (Å²) in [5.41, 5.74) is 0.802. The number of imide groups is 1. The number of halogens is 1. The van der Waals surface area contributed by atoms with E-state index in [4.69, 9.17) is 5.11 Å². The third-order valence-corrected chi connectivity index (χ3v) is 3.97. The number of hydrogen-bond donors (Lipinski definition) is 1. The van der Waals surface area contributed by atoms with E-state index in [0.717, 1.165) is 16.7 Å². The van der Waals surface area contributed by atoms with E-state index in [2.05, 4.69) is 0 Å². The summed E-state index contributed by atoms with van der Waals surface area (Å²) in [6, 6.07) is 5.47. The van der Waals surface area contributed by atoms with Crippen molar-refractivity contribution in [3.63, 3.8) is 0 Å². The summed E-state index contributed by atoms with van der Waals surface area (Å²) >= 11 is 1.15. The smallest absolute Gasteiger partial charge is 0.267 e. The van der Waals surface area contributed by atoms with Crippen LogP contribution in [0.25, 0.3) is 5.57 Å². The normalized spacial score (nSPS) is 15.4. The van der Waals surface area contributed by atoms with Gasteiger partial charge in [-0.1, -0.05) is 12.1 Å². The molecule has 0 unspecified atom stereocenters. The highest BCUT2D eigenvalue weighted by Crippen LogP contribution is 2.35. The molecule has 1 heterocycles. The van der Waals surface area contributed by atoms with Crippen LogP contribution in [-0.4, -0.2) is 40.7 Å². The largest absolute Gasteiger partial charge is 0.396 e. The van der Waals surface area contributed by atoms with E-state index in [0.29, 0.717) is 16.2 Å². The Morgan fingerprint density at radius 1 is 1.20 bits per heavy atom. The van der Waals surface area contributed by atoms with Gasteiger partial charge in [0.25, 0.3) is 11.8 Å². The Bertz CT molecular complexity index is 568. The molecular formula is C14H14FNO3S. The van der Waals surface area contributed by atoms with Gasteiger partial charge in [-0.25, -0.2) is 4.39 Å². The number of aliphatic hydroxyl groups excluding tert-OH is 1. The predicted molar refractivity (Wildman–Crippen MR) is 75.3 cm³/mol. The minimum Gasteiger partial charge on any atom is -0.396 e. The van der Waals surface area contributed by atoms with Gasteiger partial charge in [0.2, 0.25) is 0 Å². The van der Waals surface area contributed by atoms with Crippen LogP contribution in [0, 0.1) is 5.82 Å². The zero-order valence-electron chi connectivity index (χ0n) is 10.9. The number of benzene rings is 1. The van der Waals surface area contributed by atoms with Crippen LogP contribution in [0.5, 0.6) is 0 Å². The zero-order chi connectivity index (χ0) is 14.7. The van der Waals surface area contributed by atoms with Crippen molar-refractivity contribution in [2.45, 2.75) is 6.92 Å². The summed E-state index contributed by atoms with van der Waals surface area (Å²) in [6.07, 6.45) is 0. The van der Waals surface area contributed by atoms with Crippen LogP contribution in [0.15, 0.2) is 29.2 Å². The molecule has 106 valence electrons. The van der Waals surface area contributed by atoms with Crippen LogP contribution < -0.4 is 0 Å². The number of likely N-dealkylation sites (N-methyl/N-ethyl adjacent to an activating group) is 1. The molecular weight excluding hydrogens is 281 g/mol. The summed E-state index contributed by atoms with van der Waals surface area (Å²) in [5, 5.41) is 8.89. The quantitative estimate of drug-likeness (QED) is 0.839. The molecule has 4 nitrogen and oxygen atoms in total. The van der Waals surface area contributed by atoms with E-state index < -0.39 is 5.82 Å². The standard InChI is InChI=1S/C14H14FNO3S/c1-2-16-13(18)11(9-3-5-10(15)6-4-9)12(14(16)19)20-8-7-17/h3-6,17H,2,7-8H2,1H3. The molecule has 6 heteroatoms. The molecule has 0 bridgehead atoms. The molecule has 1 aromatic carbocycles. The van der Waals surface area contributed by atoms with Gasteiger partial charge in [0.1, 0.15) is 5.82 Å². The molecule has 0 aromatic heterocycles. The molecule has 0 saturated heterocycles. The van der Waals surface area contributed by atoms with E-state index >= 15 is 0 Å². The highest BCUT2D eigenvalue weighted by atomic mass is 32.2. The Kier molecular flexibility index (Phi) is 4.57. The summed E-state index contributed by atoms with van der Waals surface area (Å²) in [6.45, 7) is 1.92. The number of nitrogens with zero attached hydrogens (tertiary/aromatic N) is 1. The maximum atomic E-state index is 13.0. The number of carbonyl (C=O) groups excluding carboxylic acids is 2. The molecule has 0 aliphatic carbocycles. The van der Waals surface area contributed by atoms with Crippen LogP contribution in [0.1, 0.15) is 12.5 Å². The van der Waals surface area contributed by atoms with Gasteiger partial charge in [0.05, 0.1) is 17.1 Å². The van der Waals surface area contributed by atoms with Crippen molar-refractivity contribution in [3.8, 4) is 0 Å². The summed E-state index contributed by atoms with van der Waals surface area (Å²) in [7, 11) is 0. The first-order valence-corrected chi connectivity index (χ1v) is 7.18. The fourth-order valence-electron chi connectivity index (χ4n) is 1.99. The average Bonchev–Trinajstić information content (AvgIpc) is 2.68. The van der Waals surface area contributed by atoms with Crippen LogP contribution in [-0.2, 0) is 9.59 Å². The lowest BCUT2D eigenvalue weighted by molar-refractivity contribution is -0.136. The van der Waals surface area contributed by atoms with Gasteiger partial charge < -0.3 is 5.11 Å². The van der Waals surface area contributed by atoms with E-state index in [1.165, 1.54) is 24.3 Å². The molecule has 0 spiro atoms. The molecule has 1 aliphatic heterocycles. The minimum atomic E-state index is -0.400. The average molecular weight is 295 g/mol. The minimum absolute atomic E-state index is 0.0849. The Morgan fingerprint density at radius 3 is 2.40 bits per heavy atom. The monoisotopic (exact) mass is 295 g/mol. The number of amides is 2. The Labute approximate surface area is 120 Å². The third kappa shape index (κ3) is 2.62. The van der Waals surface area contributed by atoms with Crippen molar-refractivity contribution in [1.82, 2.24) is 4.90 Å². The van der Waals surface area contributed by atoms with E-state index in [1.54, 1.807) is 6.92 Å².